The highest BCUT2D eigenvalue weighted by atomic mass is 35.5. The Bertz CT molecular complexity index is 1780. The number of carboxylic acids is 2. The fourth-order valence-corrected chi connectivity index (χ4v) is 9.06. The highest BCUT2D eigenvalue weighted by Gasteiger charge is 2.50. The number of halogens is 3. The number of carboxylic acid groups (broad SMARTS) is 2. The number of piperidine rings is 2. The molecule has 2 aromatic carbocycles. The summed E-state index contributed by atoms with van der Waals surface area (Å²) < 4.78 is 45.2. The Morgan fingerprint density at radius 2 is 1.02 bits per heavy atom. The largest absolute Gasteiger partial charge is 0.492 e. The molecule has 2 saturated heterocycles. The average molecular weight is 950 g/mol. The summed E-state index contributed by atoms with van der Waals surface area (Å²) in [6.07, 6.45) is 20.5. The number of carbonyl (C=O) groups is 4. The van der Waals surface area contributed by atoms with Crippen LogP contribution in [0.4, 0.5) is 8.78 Å². The Kier molecular flexibility index (Phi) is 26.2. The molecule has 0 unspecified atom stereocenters. The normalized spacial score (nSPS) is 15.9. The van der Waals surface area contributed by atoms with Crippen molar-refractivity contribution >= 4 is 35.5 Å². The van der Waals surface area contributed by atoms with Crippen molar-refractivity contribution < 1.29 is 52.4 Å². The number of nitrogens with zero attached hydrogens (tertiary/aromatic N) is 2. The first-order valence-corrected chi connectivity index (χ1v) is 25.3. The summed E-state index contributed by atoms with van der Waals surface area (Å²) in [7, 11) is 0. The van der Waals surface area contributed by atoms with Crippen molar-refractivity contribution in [2.75, 3.05) is 46.0 Å². The molecule has 0 atom stereocenters. The van der Waals surface area contributed by atoms with Gasteiger partial charge in [0, 0.05) is 44.8 Å². The van der Waals surface area contributed by atoms with Crippen molar-refractivity contribution in [3.05, 3.63) is 63.7 Å². The van der Waals surface area contributed by atoms with Gasteiger partial charge in [-0.1, -0.05) is 134 Å². The Hall–Kier alpha value is -3.81. The molecule has 0 aromatic heterocycles. The summed E-state index contributed by atoms with van der Waals surface area (Å²) in [5.41, 5.74) is -1.29. The smallest absolute Gasteiger partial charge is 0.323 e. The van der Waals surface area contributed by atoms with Crippen LogP contribution in [-0.2, 0) is 48.2 Å². The van der Waals surface area contributed by atoms with E-state index >= 15 is 0 Å². The lowest BCUT2D eigenvalue weighted by atomic mass is 9.78. The van der Waals surface area contributed by atoms with E-state index in [1.54, 1.807) is 26.0 Å². The van der Waals surface area contributed by atoms with Crippen LogP contribution in [0.1, 0.15) is 173 Å². The first-order valence-electron chi connectivity index (χ1n) is 24.9. The van der Waals surface area contributed by atoms with E-state index in [1.807, 2.05) is 23.1 Å². The molecule has 0 bridgehead atoms. The maximum Gasteiger partial charge on any atom is 0.323 e. The second-order valence-electron chi connectivity index (χ2n) is 18.1. The van der Waals surface area contributed by atoms with Crippen LogP contribution < -0.4 is 4.74 Å². The van der Waals surface area contributed by atoms with Gasteiger partial charge in [-0.15, -0.1) is 0 Å². The van der Waals surface area contributed by atoms with E-state index < -0.39 is 46.3 Å². The Balaban J connectivity index is 0.000000350. The Morgan fingerprint density at radius 3 is 1.47 bits per heavy atom. The van der Waals surface area contributed by atoms with E-state index in [2.05, 4.69) is 18.7 Å². The van der Waals surface area contributed by atoms with Gasteiger partial charge in [-0.25, -0.2) is 8.78 Å². The van der Waals surface area contributed by atoms with Gasteiger partial charge >= 0.3 is 23.9 Å². The second-order valence-corrected chi connectivity index (χ2v) is 18.5. The average Bonchev–Trinajstić information content (AvgIpc) is 3.30. The molecule has 0 saturated carbocycles. The molecule has 0 aliphatic carbocycles. The van der Waals surface area contributed by atoms with Crippen LogP contribution in [0.3, 0.4) is 0 Å². The van der Waals surface area contributed by atoms with Gasteiger partial charge in [-0.05, 0) is 82.1 Å². The molecule has 2 fully saturated rings. The van der Waals surface area contributed by atoms with Crippen molar-refractivity contribution in [2.24, 2.45) is 10.8 Å². The summed E-state index contributed by atoms with van der Waals surface area (Å²) in [6, 6.07) is 9.11. The lowest BCUT2D eigenvalue weighted by molar-refractivity contribution is -0.174. The quantitative estimate of drug-likeness (QED) is 0.0457. The third-order valence-electron chi connectivity index (χ3n) is 13.2. The zero-order chi connectivity index (χ0) is 48.4. The predicted octanol–water partition coefficient (Wildman–Crippen LogP) is 12.0. The predicted molar refractivity (Wildman–Crippen MR) is 255 cm³/mol. The van der Waals surface area contributed by atoms with Crippen molar-refractivity contribution in [2.45, 2.75) is 176 Å². The van der Waals surface area contributed by atoms with E-state index in [-0.39, 0.29) is 51.0 Å². The van der Waals surface area contributed by atoms with Gasteiger partial charge in [0.15, 0.2) is 22.5 Å². The van der Waals surface area contributed by atoms with Crippen LogP contribution in [0, 0.1) is 22.5 Å². The SMILES string of the molecule is CCCCCCCCCCOc1ccc(CN2CCC(C(=O)O)(C(=O)OCC)CC2)cc1Cl.CCCCCCCCCCc1ccc(CN2CCC(C(=O)O)(C(=O)OCC)CC2)c(F)c1F. The van der Waals surface area contributed by atoms with E-state index in [0.29, 0.717) is 62.1 Å². The number of aryl methyl sites for hydroxylation is 1. The summed E-state index contributed by atoms with van der Waals surface area (Å²) in [4.78, 5) is 52.0. The van der Waals surface area contributed by atoms with Gasteiger partial charge in [-0.3, -0.25) is 29.0 Å². The molecular formula is C52H79ClF2N2O9. The van der Waals surface area contributed by atoms with Gasteiger partial charge in [0.25, 0.3) is 0 Å². The third-order valence-corrected chi connectivity index (χ3v) is 13.5. The lowest BCUT2D eigenvalue weighted by Crippen LogP contribution is -2.49. The van der Waals surface area contributed by atoms with E-state index in [9.17, 15) is 38.2 Å². The number of benzene rings is 2. The number of likely N-dealkylation sites (tertiary alicyclic amines) is 2. The number of hydrogen-bond donors (Lipinski definition) is 2. The molecule has 0 amide bonds. The minimum absolute atomic E-state index is 0.0851. The van der Waals surface area contributed by atoms with Gasteiger partial charge in [0.2, 0.25) is 0 Å². The summed E-state index contributed by atoms with van der Waals surface area (Å²) in [6.45, 7) is 11.2. The maximum absolute atomic E-state index is 14.7. The number of ether oxygens (including phenoxy) is 3. The van der Waals surface area contributed by atoms with Gasteiger partial charge in [-0.2, -0.15) is 0 Å². The molecule has 2 aromatic rings. The molecule has 11 nitrogen and oxygen atoms in total. The van der Waals surface area contributed by atoms with Crippen LogP contribution in [-0.4, -0.2) is 89.9 Å². The van der Waals surface area contributed by atoms with Crippen LogP contribution in [0.15, 0.2) is 30.3 Å². The molecule has 2 N–H and O–H groups in total. The molecule has 14 heteroatoms. The summed E-state index contributed by atoms with van der Waals surface area (Å²) in [5.74, 6) is -4.54. The second kappa shape index (κ2) is 30.5. The highest BCUT2D eigenvalue weighted by Crippen LogP contribution is 2.36. The number of unbranched alkanes of at least 4 members (excludes halogenated alkanes) is 14. The topological polar surface area (TPSA) is 143 Å². The zero-order valence-corrected chi connectivity index (χ0v) is 41.1. The first kappa shape index (κ1) is 56.5. The van der Waals surface area contributed by atoms with Crippen molar-refractivity contribution in [3.63, 3.8) is 0 Å². The number of rotatable bonds is 29. The number of aliphatic carboxylic acids is 2. The molecule has 2 heterocycles. The minimum Gasteiger partial charge on any atom is -0.492 e. The summed E-state index contributed by atoms with van der Waals surface area (Å²) >= 11 is 6.44. The van der Waals surface area contributed by atoms with E-state index in [1.165, 1.54) is 77.0 Å². The van der Waals surface area contributed by atoms with Gasteiger partial charge in [0.1, 0.15) is 5.75 Å². The maximum atomic E-state index is 14.7. The number of hydrogen-bond acceptors (Lipinski definition) is 9. The van der Waals surface area contributed by atoms with Crippen LogP contribution >= 0.6 is 11.6 Å². The fraction of sp³-hybridized carbons (Fsp3) is 0.692. The monoisotopic (exact) mass is 949 g/mol. The molecule has 372 valence electrons. The summed E-state index contributed by atoms with van der Waals surface area (Å²) in [5, 5.41) is 19.8. The molecule has 2 aliphatic rings. The first-order chi connectivity index (χ1) is 31.8. The van der Waals surface area contributed by atoms with E-state index in [4.69, 9.17) is 25.8 Å². The minimum atomic E-state index is -1.56. The van der Waals surface area contributed by atoms with Crippen LogP contribution in [0.25, 0.3) is 0 Å². The lowest BCUT2D eigenvalue weighted by Gasteiger charge is -2.37. The van der Waals surface area contributed by atoms with E-state index in [0.717, 1.165) is 31.2 Å². The molecule has 2 aliphatic heterocycles. The Morgan fingerprint density at radius 1 is 0.591 bits per heavy atom. The van der Waals surface area contributed by atoms with Crippen LogP contribution in [0.5, 0.6) is 5.75 Å². The number of esters is 2. The molecule has 4 rings (SSSR count). The van der Waals surface area contributed by atoms with Crippen molar-refractivity contribution in [1.82, 2.24) is 9.80 Å². The molecular weight excluding hydrogens is 870 g/mol. The van der Waals surface area contributed by atoms with Crippen LogP contribution in [0.2, 0.25) is 5.02 Å². The Labute approximate surface area is 398 Å². The number of carbonyl (C=O) groups excluding carboxylic acids is 2. The standard InChI is InChI=1S/C26H40ClNO5.C26H39F2NO4/c1-3-5-6-7-8-9-10-11-18-33-23-13-12-21(19-22(23)27)20-28-16-14-26(15-17-28,24(29)30)25(31)32-4-2;1-3-5-6-7-8-9-10-11-12-20-13-14-21(23(28)22(20)27)19-29-17-15-26(16-18-29,24(30)31)25(32)33-4-2/h12-13,19H,3-11,14-18,20H2,1-2H3,(H,29,30);13-14H,3-12,15-19H2,1-2H3,(H,30,31). The third kappa shape index (κ3) is 17.7. The van der Waals surface area contributed by atoms with Crippen molar-refractivity contribution in [3.8, 4) is 5.75 Å². The molecule has 0 radical (unpaired) electrons. The molecule has 66 heavy (non-hydrogen) atoms. The van der Waals surface area contributed by atoms with Gasteiger partial charge in [0.05, 0.1) is 24.8 Å². The molecule has 0 spiro atoms. The fourth-order valence-electron chi connectivity index (χ4n) is 8.81. The highest BCUT2D eigenvalue weighted by molar-refractivity contribution is 6.32. The van der Waals surface area contributed by atoms with Gasteiger partial charge < -0.3 is 24.4 Å². The van der Waals surface area contributed by atoms with Crippen molar-refractivity contribution in [1.29, 1.82) is 0 Å². The zero-order valence-electron chi connectivity index (χ0n) is 40.4.